The van der Waals surface area contributed by atoms with Crippen LogP contribution in [0.4, 0.5) is 0 Å². The fraction of sp³-hybridized carbons (Fsp3) is 0.500. The van der Waals surface area contributed by atoms with Crippen molar-refractivity contribution in [3.05, 3.63) is 53.3 Å². The molecular weight excluding hydrogens is 453 g/mol. The topological polar surface area (TPSA) is 54.7 Å². The van der Waals surface area contributed by atoms with Gasteiger partial charge in [0.1, 0.15) is 0 Å². The van der Waals surface area contributed by atoms with Crippen LogP contribution in [0.3, 0.4) is 0 Å². The molecule has 27 heavy (non-hydrogen) atoms. The number of hydrogen-bond acceptors (Lipinski definition) is 3. The Morgan fingerprint density at radius 1 is 1.30 bits per heavy atom. The quantitative estimate of drug-likeness (QED) is 0.390. The molecule has 1 atom stereocenters. The summed E-state index contributed by atoms with van der Waals surface area (Å²) >= 11 is 0. The second-order valence-corrected chi connectivity index (χ2v) is 6.73. The Hall–Kier alpha value is -1.61. The molecule has 2 heterocycles. The summed E-state index contributed by atoms with van der Waals surface area (Å²) in [5.41, 5.74) is 3.77. The highest BCUT2D eigenvalue weighted by Crippen LogP contribution is 2.26. The summed E-state index contributed by atoms with van der Waals surface area (Å²) in [5.74, 6) is 1.50. The van der Waals surface area contributed by atoms with E-state index in [9.17, 15) is 0 Å². The van der Waals surface area contributed by atoms with Crippen LogP contribution in [0.15, 0.2) is 41.7 Å². The normalized spacial score (nSPS) is 17.1. The number of nitrogens with zero attached hydrogens (tertiary/aromatic N) is 4. The standard InChI is InChI=1S/C20H29N5O.HI/c1-4-26-15-17-7-5-16(6-8-17)11-22-20(21-2)25-10-9-18(14-25)19-12-23-24(3)13-19;/h5-8,12-13,18H,4,9-11,14-15H2,1-3H3,(H,21,22);1H. The molecule has 0 radical (unpaired) electrons. The maximum atomic E-state index is 5.44. The van der Waals surface area contributed by atoms with E-state index in [-0.39, 0.29) is 24.0 Å². The minimum atomic E-state index is 0. The Morgan fingerprint density at radius 2 is 2.04 bits per heavy atom. The van der Waals surface area contributed by atoms with Gasteiger partial charge in [-0.05, 0) is 30.0 Å². The van der Waals surface area contributed by atoms with E-state index < -0.39 is 0 Å². The third kappa shape index (κ3) is 5.93. The molecule has 0 bridgehead atoms. The number of likely N-dealkylation sites (tertiary alicyclic amines) is 1. The smallest absolute Gasteiger partial charge is 0.193 e. The van der Waals surface area contributed by atoms with Gasteiger partial charge in [-0.2, -0.15) is 5.10 Å². The zero-order chi connectivity index (χ0) is 18.4. The molecule has 0 aliphatic carbocycles. The van der Waals surface area contributed by atoms with Crippen molar-refractivity contribution < 1.29 is 4.74 Å². The molecule has 1 fully saturated rings. The van der Waals surface area contributed by atoms with E-state index in [1.165, 1.54) is 16.7 Å². The predicted molar refractivity (Wildman–Crippen MR) is 120 cm³/mol. The zero-order valence-corrected chi connectivity index (χ0v) is 18.7. The van der Waals surface area contributed by atoms with E-state index in [4.69, 9.17) is 4.74 Å². The van der Waals surface area contributed by atoms with Crippen LogP contribution < -0.4 is 5.32 Å². The number of aromatic nitrogens is 2. The minimum Gasteiger partial charge on any atom is -0.377 e. The lowest BCUT2D eigenvalue weighted by atomic mass is 10.0. The molecule has 1 N–H and O–H groups in total. The van der Waals surface area contributed by atoms with Gasteiger partial charge in [0.2, 0.25) is 0 Å². The molecular formula is C20H30IN5O. The Bertz CT molecular complexity index is 728. The van der Waals surface area contributed by atoms with Crippen molar-refractivity contribution in [2.24, 2.45) is 12.0 Å². The second-order valence-electron chi connectivity index (χ2n) is 6.73. The molecule has 148 valence electrons. The highest BCUT2D eigenvalue weighted by atomic mass is 127. The van der Waals surface area contributed by atoms with Gasteiger partial charge >= 0.3 is 0 Å². The number of aryl methyl sites for hydroxylation is 1. The summed E-state index contributed by atoms with van der Waals surface area (Å²) in [7, 11) is 3.82. The summed E-state index contributed by atoms with van der Waals surface area (Å²) in [5, 5.41) is 7.79. The molecule has 1 aromatic heterocycles. The number of ether oxygens (including phenoxy) is 1. The summed E-state index contributed by atoms with van der Waals surface area (Å²) in [4.78, 5) is 6.80. The van der Waals surface area contributed by atoms with Gasteiger partial charge in [-0.15, -0.1) is 24.0 Å². The summed E-state index contributed by atoms with van der Waals surface area (Å²) in [6.07, 6.45) is 5.24. The number of guanidine groups is 1. The largest absolute Gasteiger partial charge is 0.377 e. The SMILES string of the molecule is CCOCc1ccc(CNC(=NC)N2CCC(c3cnn(C)c3)C2)cc1.I. The Morgan fingerprint density at radius 3 is 2.67 bits per heavy atom. The van der Waals surface area contributed by atoms with Crippen molar-refractivity contribution in [1.29, 1.82) is 0 Å². The van der Waals surface area contributed by atoms with Crippen LogP contribution in [0.5, 0.6) is 0 Å². The van der Waals surface area contributed by atoms with E-state index in [2.05, 4.69) is 50.8 Å². The number of hydrogen-bond donors (Lipinski definition) is 1. The van der Waals surface area contributed by atoms with E-state index >= 15 is 0 Å². The molecule has 2 aromatic rings. The van der Waals surface area contributed by atoms with Crippen LogP contribution in [0, 0.1) is 0 Å². The molecule has 3 rings (SSSR count). The van der Waals surface area contributed by atoms with Crippen molar-refractivity contribution >= 4 is 29.9 Å². The molecule has 0 amide bonds. The highest BCUT2D eigenvalue weighted by molar-refractivity contribution is 14.0. The highest BCUT2D eigenvalue weighted by Gasteiger charge is 2.26. The second kappa shape index (κ2) is 10.7. The first kappa shape index (κ1) is 21.7. The predicted octanol–water partition coefficient (Wildman–Crippen LogP) is 3.14. The van der Waals surface area contributed by atoms with Crippen molar-refractivity contribution in [3.63, 3.8) is 0 Å². The van der Waals surface area contributed by atoms with E-state index in [0.717, 1.165) is 38.6 Å². The third-order valence-electron chi connectivity index (χ3n) is 4.84. The van der Waals surface area contributed by atoms with E-state index in [1.54, 1.807) is 0 Å². The van der Waals surface area contributed by atoms with Crippen molar-refractivity contribution in [2.45, 2.75) is 32.4 Å². The van der Waals surface area contributed by atoms with Gasteiger partial charge in [0, 0.05) is 52.5 Å². The van der Waals surface area contributed by atoms with Gasteiger partial charge < -0.3 is 15.0 Å². The minimum absolute atomic E-state index is 0. The van der Waals surface area contributed by atoms with Crippen molar-refractivity contribution in [2.75, 3.05) is 26.7 Å². The number of halogens is 1. The van der Waals surface area contributed by atoms with Gasteiger partial charge in [-0.3, -0.25) is 9.67 Å². The number of rotatable bonds is 6. The number of aliphatic imine (C=N–C) groups is 1. The maximum absolute atomic E-state index is 5.44. The lowest BCUT2D eigenvalue weighted by Gasteiger charge is -2.21. The lowest BCUT2D eigenvalue weighted by molar-refractivity contribution is 0.134. The van der Waals surface area contributed by atoms with E-state index in [0.29, 0.717) is 12.5 Å². The van der Waals surface area contributed by atoms with Gasteiger partial charge in [0.15, 0.2) is 5.96 Å². The molecule has 1 aromatic carbocycles. The van der Waals surface area contributed by atoms with Crippen LogP contribution in [-0.4, -0.2) is 47.4 Å². The first-order valence-corrected chi connectivity index (χ1v) is 9.29. The summed E-state index contributed by atoms with van der Waals surface area (Å²) in [6.45, 7) is 6.22. The molecule has 1 aliphatic rings. The van der Waals surface area contributed by atoms with Crippen LogP contribution in [0.1, 0.15) is 36.0 Å². The molecule has 1 aliphatic heterocycles. The average Bonchev–Trinajstić information content (AvgIpc) is 3.31. The molecule has 1 saturated heterocycles. The first-order valence-electron chi connectivity index (χ1n) is 9.29. The monoisotopic (exact) mass is 483 g/mol. The van der Waals surface area contributed by atoms with Gasteiger partial charge in [0.05, 0.1) is 12.8 Å². The Balaban J connectivity index is 0.00000261. The van der Waals surface area contributed by atoms with Gasteiger partial charge in [-0.25, -0.2) is 0 Å². The molecule has 6 nitrogen and oxygen atoms in total. The van der Waals surface area contributed by atoms with Crippen LogP contribution in [0.2, 0.25) is 0 Å². The fourth-order valence-corrected chi connectivity index (χ4v) is 3.36. The van der Waals surface area contributed by atoms with Crippen LogP contribution >= 0.6 is 24.0 Å². The van der Waals surface area contributed by atoms with Crippen molar-refractivity contribution in [3.8, 4) is 0 Å². The molecule has 0 spiro atoms. The summed E-state index contributed by atoms with van der Waals surface area (Å²) < 4.78 is 7.32. The molecule has 1 unspecified atom stereocenters. The average molecular weight is 483 g/mol. The van der Waals surface area contributed by atoms with Gasteiger partial charge in [-0.1, -0.05) is 24.3 Å². The Labute approximate surface area is 179 Å². The Kier molecular flexibility index (Phi) is 8.56. The van der Waals surface area contributed by atoms with Crippen LogP contribution in [0.25, 0.3) is 0 Å². The summed E-state index contributed by atoms with van der Waals surface area (Å²) in [6, 6.07) is 8.56. The molecule has 0 saturated carbocycles. The third-order valence-corrected chi connectivity index (χ3v) is 4.84. The fourth-order valence-electron chi connectivity index (χ4n) is 3.36. The van der Waals surface area contributed by atoms with Crippen molar-refractivity contribution in [1.82, 2.24) is 20.0 Å². The van der Waals surface area contributed by atoms with Crippen LogP contribution in [-0.2, 0) is 24.9 Å². The number of nitrogens with one attached hydrogen (secondary N) is 1. The first-order chi connectivity index (χ1) is 12.7. The number of benzene rings is 1. The lowest BCUT2D eigenvalue weighted by Crippen LogP contribution is -2.39. The zero-order valence-electron chi connectivity index (χ0n) is 16.4. The maximum Gasteiger partial charge on any atom is 0.193 e. The molecule has 7 heteroatoms. The van der Waals surface area contributed by atoms with Gasteiger partial charge in [0.25, 0.3) is 0 Å². The van der Waals surface area contributed by atoms with E-state index in [1.807, 2.05) is 31.9 Å².